The number of hydrogen-bond acceptors (Lipinski definition) is 3. The molecule has 6 atom stereocenters. The molecule has 0 unspecified atom stereocenters. The van der Waals surface area contributed by atoms with E-state index in [4.69, 9.17) is 67.8 Å². The van der Waals surface area contributed by atoms with Gasteiger partial charge in [0, 0.05) is 13.5 Å². The van der Waals surface area contributed by atoms with E-state index in [2.05, 4.69) is 0 Å². The van der Waals surface area contributed by atoms with Crippen molar-refractivity contribution in [2.45, 2.75) is 85.4 Å². The molecular formula is C16H27Cl5O3. The van der Waals surface area contributed by atoms with Gasteiger partial charge in [-0.25, -0.2) is 0 Å². The molecule has 3 nitrogen and oxygen atoms in total. The maximum absolute atomic E-state index is 11.3. The molecule has 1 N–H and O–H groups in total. The Bertz CT molecular complexity index is 344. The van der Waals surface area contributed by atoms with Crippen LogP contribution in [-0.2, 0) is 9.53 Å². The third kappa shape index (κ3) is 10.1. The first-order chi connectivity index (χ1) is 11.2. The van der Waals surface area contributed by atoms with Crippen LogP contribution in [0.25, 0.3) is 0 Å². The molecule has 144 valence electrons. The first-order valence-electron chi connectivity index (χ1n) is 8.20. The smallest absolute Gasteiger partial charge is 0.303 e. The number of hydrogen-bond donors (Lipinski definition) is 1. The Kier molecular flexibility index (Phi) is 14.5. The molecule has 0 radical (unpaired) electrons. The van der Waals surface area contributed by atoms with Crippen LogP contribution in [0.4, 0.5) is 0 Å². The van der Waals surface area contributed by atoms with Crippen LogP contribution in [0, 0.1) is 0 Å². The molecule has 0 aliphatic carbocycles. The third-order valence-electron chi connectivity index (χ3n) is 3.66. The minimum atomic E-state index is -0.813. The number of carbonyl (C=O) groups excluding carboxylic acids is 1. The summed E-state index contributed by atoms with van der Waals surface area (Å²) in [5, 5.41) is 5.92. The first-order valence-corrected chi connectivity index (χ1v) is 10.4. The molecule has 0 aromatic carbocycles. The second-order valence-electron chi connectivity index (χ2n) is 5.88. The largest absolute Gasteiger partial charge is 0.459 e. The molecule has 0 rings (SSSR count). The standard InChI is InChI=1S/C16H27Cl5O3/c1-10(17)13(19)16(24-11(2)23)15(21)14(20)12(18)8-6-4-3-5-7-9-22/h10,12-16,22H,3-9H2,1-2H3/t10-,12-,13-,14+,15-,16-/m1/s1. The summed E-state index contributed by atoms with van der Waals surface area (Å²) in [6, 6.07) is 0. The number of halogens is 5. The second kappa shape index (κ2) is 14.0. The summed E-state index contributed by atoms with van der Waals surface area (Å²) in [5.41, 5.74) is 0. The van der Waals surface area contributed by atoms with Crippen molar-refractivity contribution in [2.75, 3.05) is 6.61 Å². The summed E-state index contributed by atoms with van der Waals surface area (Å²) in [6.07, 6.45) is 4.70. The molecule has 8 heteroatoms. The van der Waals surface area contributed by atoms with Crippen LogP contribution in [0.2, 0.25) is 0 Å². The Balaban J connectivity index is 4.49. The highest BCUT2D eigenvalue weighted by atomic mass is 35.5. The van der Waals surface area contributed by atoms with Crippen molar-refractivity contribution in [2.24, 2.45) is 0 Å². The number of esters is 1. The normalized spacial score (nSPS) is 19.2. The maximum atomic E-state index is 11.3. The SMILES string of the molecule is CC(=O)O[C@@H]([C@H](Cl)[C@@H](Cl)[C@H](Cl)CCCCCCCO)[C@H](Cl)[C@@H](C)Cl. The van der Waals surface area contributed by atoms with Crippen LogP contribution in [-0.4, -0.2) is 50.7 Å². The minimum absolute atomic E-state index is 0.228. The molecule has 0 saturated carbocycles. The van der Waals surface area contributed by atoms with Gasteiger partial charge >= 0.3 is 5.97 Å². The molecule has 0 amide bonds. The predicted octanol–water partition coefficient (Wildman–Crippen LogP) is 5.31. The van der Waals surface area contributed by atoms with Gasteiger partial charge in [0.1, 0.15) is 6.10 Å². The number of carbonyl (C=O) groups is 1. The van der Waals surface area contributed by atoms with E-state index in [-0.39, 0.29) is 12.0 Å². The number of ether oxygens (including phenoxy) is 1. The van der Waals surface area contributed by atoms with E-state index >= 15 is 0 Å². The summed E-state index contributed by atoms with van der Waals surface area (Å²) in [4.78, 5) is 11.3. The molecule has 24 heavy (non-hydrogen) atoms. The quantitative estimate of drug-likeness (QED) is 0.238. The predicted molar refractivity (Wildman–Crippen MR) is 104 cm³/mol. The maximum Gasteiger partial charge on any atom is 0.303 e. The molecule has 0 heterocycles. The molecule has 0 aliphatic rings. The number of unbranched alkanes of at least 4 members (excludes halogenated alkanes) is 4. The third-order valence-corrected chi connectivity index (χ3v) is 6.53. The highest BCUT2D eigenvalue weighted by Crippen LogP contribution is 2.31. The highest BCUT2D eigenvalue weighted by Gasteiger charge is 2.39. The second-order valence-corrected chi connectivity index (χ2v) is 8.64. The summed E-state index contributed by atoms with van der Waals surface area (Å²) in [5.74, 6) is -0.493. The summed E-state index contributed by atoms with van der Waals surface area (Å²) < 4.78 is 5.22. The van der Waals surface area contributed by atoms with E-state index in [0.29, 0.717) is 6.42 Å². The van der Waals surface area contributed by atoms with Gasteiger partial charge in [0.2, 0.25) is 0 Å². The lowest BCUT2D eigenvalue weighted by Gasteiger charge is -2.31. The van der Waals surface area contributed by atoms with E-state index in [1.165, 1.54) is 6.92 Å². The van der Waals surface area contributed by atoms with E-state index in [1.807, 2.05) is 0 Å². The first kappa shape index (κ1) is 24.9. The molecule has 0 fully saturated rings. The van der Waals surface area contributed by atoms with Crippen LogP contribution in [0.5, 0.6) is 0 Å². The van der Waals surface area contributed by atoms with Gasteiger partial charge in [-0.1, -0.05) is 25.7 Å². The fraction of sp³-hybridized carbons (Fsp3) is 0.938. The Morgan fingerprint density at radius 3 is 1.96 bits per heavy atom. The van der Waals surface area contributed by atoms with Gasteiger partial charge in [-0.3, -0.25) is 4.79 Å². The van der Waals surface area contributed by atoms with Crippen LogP contribution >= 0.6 is 58.0 Å². The van der Waals surface area contributed by atoms with Crippen LogP contribution in [0.1, 0.15) is 52.4 Å². The summed E-state index contributed by atoms with van der Waals surface area (Å²) in [6.45, 7) is 3.21. The van der Waals surface area contributed by atoms with Crippen molar-refractivity contribution in [1.29, 1.82) is 0 Å². The number of aliphatic hydroxyl groups is 1. The van der Waals surface area contributed by atoms with Crippen LogP contribution in [0.15, 0.2) is 0 Å². The number of rotatable bonds is 13. The van der Waals surface area contributed by atoms with Gasteiger partial charge in [-0.2, -0.15) is 0 Å². The lowest BCUT2D eigenvalue weighted by atomic mass is 10.0. The Hall–Kier alpha value is 0.880. The average molecular weight is 445 g/mol. The highest BCUT2D eigenvalue weighted by molar-refractivity contribution is 6.36. The van der Waals surface area contributed by atoms with Crippen molar-refractivity contribution in [3.63, 3.8) is 0 Å². The summed E-state index contributed by atoms with van der Waals surface area (Å²) >= 11 is 31.4. The number of aliphatic hydroxyl groups excluding tert-OH is 1. The van der Waals surface area contributed by atoms with Gasteiger partial charge in [0.15, 0.2) is 0 Å². The van der Waals surface area contributed by atoms with Gasteiger partial charge in [-0.05, 0) is 19.8 Å². The van der Waals surface area contributed by atoms with Crippen molar-refractivity contribution in [3.05, 3.63) is 0 Å². The molecular weight excluding hydrogens is 417 g/mol. The Morgan fingerprint density at radius 2 is 1.46 bits per heavy atom. The average Bonchev–Trinajstić information content (AvgIpc) is 2.53. The van der Waals surface area contributed by atoms with Crippen molar-refractivity contribution in [3.8, 4) is 0 Å². The van der Waals surface area contributed by atoms with Gasteiger partial charge in [-0.15, -0.1) is 58.0 Å². The Labute approximate surface area is 170 Å². The topological polar surface area (TPSA) is 46.5 Å². The molecule has 0 aromatic rings. The summed E-state index contributed by atoms with van der Waals surface area (Å²) in [7, 11) is 0. The minimum Gasteiger partial charge on any atom is -0.459 e. The van der Waals surface area contributed by atoms with Gasteiger partial charge in [0.25, 0.3) is 0 Å². The zero-order valence-electron chi connectivity index (χ0n) is 14.1. The molecule has 0 bridgehead atoms. The van der Waals surface area contributed by atoms with E-state index < -0.39 is 33.6 Å². The molecule has 0 aromatic heterocycles. The molecule has 0 saturated heterocycles. The lowest BCUT2D eigenvalue weighted by Crippen LogP contribution is -2.45. The van der Waals surface area contributed by atoms with Crippen LogP contribution < -0.4 is 0 Å². The number of alkyl halides is 5. The van der Waals surface area contributed by atoms with Gasteiger partial charge in [0.05, 0.1) is 26.9 Å². The zero-order chi connectivity index (χ0) is 18.7. The van der Waals surface area contributed by atoms with Crippen molar-refractivity contribution >= 4 is 64.0 Å². The fourth-order valence-corrected chi connectivity index (χ4v) is 3.74. The van der Waals surface area contributed by atoms with E-state index in [9.17, 15) is 4.79 Å². The van der Waals surface area contributed by atoms with Crippen molar-refractivity contribution < 1.29 is 14.6 Å². The molecule has 0 spiro atoms. The lowest BCUT2D eigenvalue weighted by molar-refractivity contribution is -0.146. The monoisotopic (exact) mass is 442 g/mol. The van der Waals surface area contributed by atoms with Crippen LogP contribution in [0.3, 0.4) is 0 Å². The zero-order valence-corrected chi connectivity index (χ0v) is 17.8. The van der Waals surface area contributed by atoms with Crippen molar-refractivity contribution in [1.82, 2.24) is 0 Å². The fourth-order valence-electron chi connectivity index (χ4n) is 2.28. The van der Waals surface area contributed by atoms with E-state index in [1.54, 1.807) is 6.92 Å². The molecule has 0 aliphatic heterocycles. The van der Waals surface area contributed by atoms with E-state index in [0.717, 1.165) is 32.1 Å². The Morgan fingerprint density at radius 1 is 0.917 bits per heavy atom. The van der Waals surface area contributed by atoms with Gasteiger partial charge < -0.3 is 9.84 Å².